The lowest BCUT2D eigenvalue weighted by Crippen LogP contribution is -2.47. The first kappa shape index (κ1) is 29.9. The summed E-state index contributed by atoms with van der Waals surface area (Å²) in [6.07, 6.45) is 7.82. The van der Waals surface area contributed by atoms with Gasteiger partial charge in [-0.3, -0.25) is 0 Å². The molecule has 0 aliphatic carbocycles. The van der Waals surface area contributed by atoms with Gasteiger partial charge in [-0.05, 0) is 70.2 Å². The molecule has 244 valence electrons. The van der Waals surface area contributed by atoms with Crippen LogP contribution in [-0.2, 0) is 12.8 Å². The van der Waals surface area contributed by atoms with Crippen LogP contribution in [0.3, 0.4) is 0 Å². The molecular weight excluding hydrogens is 676 g/mol. The molecule has 2 unspecified atom stereocenters. The topological polar surface area (TPSA) is 93.7 Å². The highest BCUT2D eigenvalue weighted by atomic mass is 79.9. The SMILES string of the molecule is Brc1ccc2nc3n(c2n1)C(c1ccccc1)CC3.c1ccc(C2CCc3nc4ccc(N5CCN(c6ncccn6)CC5)nc4n32)cc1. The maximum absolute atomic E-state index is 5.08. The molecule has 0 spiro atoms. The molecule has 2 aromatic carbocycles. The van der Waals surface area contributed by atoms with Gasteiger partial charge in [0.15, 0.2) is 11.3 Å². The standard InChI is InChI=1S/C23H23N7.C15H12BrN3/c1-2-5-17(6-3-1)19-8-10-21-26-18-7-9-20(27-22(18)30(19)21)28-13-15-29(16-14-28)23-24-11-4-12-25-23;16-13-8-6-11-15(18-13)19-12(7-9-14(19)17-11)10-4-2-1-3-5-10/h1-7,9,11-12,19H,8,10,13-16H2;1-6,8,12H,7,9H2. The van der Waals surface area contributed by atoms with Crippen molar-refractivity contribution in [2.75, 3.05) is 36.0 Å². The van der Waals surface area contributed by atoms with Crippen LogP contribution in [0.1, 0.15) is 47.7 Å². The van der Waals surface area contributed by atoms with Crippen molar-refractivity contribution in [3.8, 4) is 0 Å². The molecule has 0 radical (unpaired) electrons. The number of pyridine rings is 2. The fourth-order valence-electron chi connectivity index (χ4n) is 7.55. The van der Waals surface area contributed by atoms with Gasteiger partial charge >= 0.3 is 0 Å². The molecular formula is C38H35BrN10. The lowest BCUT2D eigenvalue weighted by molar-refractivity contribution is 0.625. The van der Waals surface area contributed by atoms with Crippen molar-refractivity contribution < 1.29 is 0 Å². The molecule has 0 amide bonds. The molecule has 0 N–H and O–H groups in total. The van der Waals surface area contributed by atoms with Gasteiger partial charge < -0.3 is 18.9 Å². The minimum absolute atomic E-state index is 0.320. The number of fused-ring (bicyclic) bond motifs is 6. The van der Waals surface area contributed by atoms with E-state index < -0.39 is 0 Å². The highest BCUT2D eigenvalue weighted by Crippen LogP contribution is 2.36. The fourth-order valence-corrected chi connectivity index (χ4v) is 7.85. The quantitative estimate of drug-likeness (QED) is 0.184. The van der Waals surface area contributed by atoms with Crippen molar-refractivity contribution >= 4 is 50.0 Å². The van der Waals surface area contributed by atoms with Gasteiger partial charge in [-0.15, -0.1) is 0 Å². The summed E-state index contributed by atoms with van der Waals surface area (Å²) in [5.41, 5.74) is 6.63. The minimum Gasteiger partial charge on any atom is -0.353 e. The van der Waals surface area contributed by atoms with E-state index in [-0.39, 0.29) is 0 Å². The zero-order chi connectivity index (χ0) is 32.7. The van der Waals surface area contributed by atoms with Gasteiger partial charge in [0, 0.05) is 51.4 Å². The molecule has 2 atom stereocenters. The van der Waals surface area contributed by atoms with Crippen molar-refractivity contribution in [2.45, 2.75) is 37.8 Å². The number of imidazole rings is 2. The van der Waals surface area contributed by atoms with Crippen molar-refractivity contribution in [3.05, 3.63) is 131 Å². The average molecular weight is 712 g/mol. The van der Waals surface area contributed by atoms with Crippen LogP contribution >= 0.6 is 15.9 Å². The summed E-state index contributed by atoms with van der Waals surface area (Å²) in [7, 11) is 0. The molecule has 11 heteroatoms. The van der Waals surface area contributed by atoms with Gasteiger partial charge in [0.1, 0.15) is 33.1 Å². The number of hydrogen-bond donors (Lipinski definition) is 0. The maximum Gasteiger partial charge on any atom is 0.225 e. The average Bonchev–Trinajstić information content (AvgIpc) is 3.94. The van der Waals surface area contributed by atoms with E-state index in [1.165, 1.54) is 11.1 Å². The lowest BCUT2D eigenvalue weighted by atomic mass is 10.0. The zero-order valence-electron chi connectivity index (χ0n) is 27.0. The summed E-state index contributed by atoms with van der Waals surface area (Å²) in [4.78, 5) is 32.6. The van der Waals surface area contributed by atoms with Gasteiger partial charge in [-0.25, -0.2) is 29.9 Å². The summed E-state index contributed by atoms with van der Waals surface area (Å²) in [5, 5.41) is 0. The highest BCUT2D eigenvalue weighted by Gasteiger charge is 2.29. The third-order valence-corrected chi connectivity index (χ3v) is 10.3. The number of hydrogen-bond acceptors (Lipinski definition) is 8. The van der Waals surface area contributed by atoms with Gasteiger partial charge in [0.05, 0.1) is 12.1 Å². The minimum atomic E-state index is 0.320. The van der Waals surface area contributed by atoms with Crippen molar-refractivity contribution in [3.63, 3.8) is 0 Å². The molecule has 49 heavy (non-hydrogen) atoms. The predicted molar refractivity (Wildman–Crippen MR) is 195 cm³/mol. The number of rotatable bonds is 4. The molecule has 0 bridgehead atoms. The summed E-state index contributed by atoms with van der Waals surface area (Å²) >= 11 is 3.45. The van der Waals surface area contributed by atoms with Crippen LogP contribution in [0, 0.1) is 0 Å². The van der Waals surface area contributed by atoms with E-state index in [1.807, 2.05) is 18.2 Å². The Bertz CT molecular complexity index is 2230. The van der Waals surface area contributed by atoms with Crippen LogP contribution in [0.15, 0.2) is 108 Å². The Morgan fingerprint density at radius 3 is 1.65 bits per heavy atom. The lowest BCUT2D eigenvalue weighted by Gasteiger charge is -2.35. The van der Waals surface area contributed by atoms with Crippen molar-refractivity contribution in [2.24, 2.45) is 0 Å². The Balaban J connectivity index is 0.000000147. The molecule has 10 nitrogen and oxygen atoms in total. The van der Waals surface area contributed by atoms with Crippen LogP contribution in [0.5, 0.6) is 0 Å². The molecule has 1 fully saturated rings. The first-order valence-corrected chi connectivity index (χ1v) is 17.8. The molecule has 10 rings (SSSR count). The predicted octanol–water partition coefficient (Wildman–Crippen LogP) is 6.81. The second kappa shape index (κ2) is 12.7. The second-order valence-electron chi connectivity index (χ2n) is 12.7. The summed E-state index contributed by atoms with van der Waals surface area (Å²) < 4.78 is 5.50. The van der Waals surface area contributed by atoms with E-state index in [4.69, 9.17) is 9.97 Å². The Labute approximate surface area is 292 Å². The molecule has 5 aromatic heterocycles. The number of piperazine rings is 1. The maximum atomic E-state index is 5.08. The molecule has 0 saturated carbocycles. The van der Waals surface area contributed by atoms with Crippen LogP contribution < -0.4 is 9.80 Å². The zero-order valence-corrected chi connectivity index (χ0v) is 28.6. The number of nitrogens with zero attached hydrogens (tertiary/aromatic N) is 10. The monoisotopic (exact) mass is 710 g/mol. The van der Waals surface area contributed by atoms with Crippen molar-refractivity contribution in [1.29, 1.82) is 0 Å². The first-order valence-electron chi connectivity index (χ1n) is 17.0. The summed E-state index contributed by atoms with van der Waals surface area (Å²) in [6, 6.07) is 32.1. The number of anilines is 2. The third-order valence-electron chi connectivity index (χ3n) is 9.89. The number of benzene rings is 2. The van der Waals surface area contributed by atoms with E-state index in [1.54, 1.807) is 12.4 Å². The van der Waals surface area contributed by atoms with Crippen LogP contribution in [0.2, 0.25) is 0 Å². The highest BCUT2D eigenvalue weighted by molar-refractivity contribution is 9.10. The van der Waals surface area contributed by atoms with Crippen molar-refractivity contribution in [1.82, 2.24) is 39.0 Å². The molecule has 3 aliphatic heterocycles. The Morgan fingerprint density at radius 1 is 0.531 bits per heavy atom. The van der Waals surface area contributed by atoms with E-state index in [9.17, 15) is 0 Å². The molecule has 1 saturated heterocycles. The van der Waals surface area contributed by atoms with E-state index in [0.29, 0.717) is 12.1 Å². The number of aryl methyl sites for hydroxylation is 2. The summed E-state index contributed by atoms with van der Waals surface area (Å²) in [6.45, 7) is 3.58. The van der Waals surface area contributed by atoms with Crippen LogP contribution in [-0.4, -0.2) is 65.2 Å². The molecule has 7 aromatic rings. The van der Waals surface area contributed by atoms with E-state index >= 15 is 0 Å². The molecule has 3 aliphatic rings. The Morgan fingerprint density at radius 2 is 1.06 bits per heavy atom. The summed E-state index contributed by atoms with van der Waals surface area (Å²) in [5.74, 6) is 4.13. The molecule has 8 heterocycles. The first-order chi connectivity index (χ1) is 24.2. The van der Waals surface area contributed by atoms with Gasteiger partial charge in [0.2, 0.25) is 5.95 Å². The normalized spacial score (nSPS) is 18.4. The van der Waals surface area contributed by atoms with Crippen LogP contribution in [0.4, 0.5) is 11.8 Å². The smallest absolute Gasteiger partial charge is 0.225 e. The van der Waals surface area contributed by atoms with E-state index in [0.717, 1.165) is 102 Å². The van der Waals surface area contributed by atoms with Gasteiger partial charge in [-0.1, -0.05) is 60.7 Å². The largest absolute Gasteiger partial charge is 0.353 e. The van der Waals surface area contributed by atoms with Gasteiger partial charge in [0.25, 0.3) is 0 Å². The number of aromatic nitrogens is 8. The van der Waals surface area contributed by atoms with E-state index in [2.05, 4.69) is 128 Å². The Kier molecular flexibility index (Phi) is 7.76. The van der Waals surface area contributed by atoms with Gasteiger partial charge in [-0.2, -0.15) is 0 Å². The van der Waals surface area contributed by atoms with Crippen LogP contribution in [0.25, 0.3) is 22.3 Å². The third kappa shape index (κ3) is 5.61. The Hall–Kier alpha value is -5.16. The fraction of sp³-hybridized carbons (Fsp3) is 0.263. The second-order valence-corrected chi connectivity index (χ2v) is 13.6. The number of halogens is 1.